The van der Waals surface area contributed by atoms with E-state index in [2.05, 4.69) is 5.32 Å². The maximum Gasteiger partial charge on any atom is 0.244 e. The van der Waals surface area contributed by atoms with Crippen LogP contribution in [0.4, 0.5) is 5.69 Å². The number of hydrogen-bond acceptors (Lipinski definition) is 4. The van der Waals surface area contributed by atoms with E-state index in [9.17, 15) is 18.0 Å². The fraction of sp³-hybridized carbons (Fsp3) is 0.355. The summed E-state index contributed by atoms with van der Waals surface area (Å²) in [4.78, 5) is 29.2. The lowest BCUT2D eigenvalue weighted by Crippen LogP contribution is -2.54. The molecule has 1 unspecified atom stereocenters. The van der Waals surface area contributed by atoms with Crippen LogP contribution in [0, 0.1) is 20.8 Å². The van der Waals surface area contributed by atoms with Crippen molar-refractivity contribution in [1.82, 2.24) is 10.2 Å². The van der Waals surface area contributed by atoms with Crippen LogP contribution in [0.2, 0.25) is 0 Å². The van der Waals surface area contributed by atoms with E-state index in [1.54, 1.807) is 12.1 Å². The van der Waals surface area contributed by atoms with Crippen molar-refractivity contribution in [2.75, 3.05) is 17.1 Å². The Labute approximate surface area is 232 Å². The molecule has 3 rings (SSSR count). The molecule has 208 valence electrons. The van der Waals surface area contributed by atoms with Gasteiger partial charge in [-0.05, 0) is 62.9 Å². The first kappa shape index (κ1) is 29.9. The zero-order valence-electron chi connectivity index (χ0n) is 23.6. The molecule has 0 aliphatic heterocycles. The molecule has 7 nitrogen and oxygen atoms in total. The van der Waals surface area contributed by atoms with Gasteiger partial charge in [-0.25, -0.2) is 8.42 Å². The van der Waals surface area contributed by atoms with Crippen LogP contribution in [-0.4, -0.2) is 50.0 Å². The van der Waals surface area contributed by atoms with E-state index in [4.69, 9.17) is 0 Å². The normalized spacial score (nSPS) is 12.2. The summed E-state index contributed by atoms with van der Waals surface area (Å²) in [6.07, 6.45) is 1.39. The maximum atomic E-state index is 14.1. The minimum Gasteiger partial charge on any atom is -0.352 e. The molecule has 39 heavy (non-hydrogen) atoms. The highest BCUT2D eigenvalue weighted by molar-refractivity contribution is 7.92. The minimum atomic E-state index is -3.80. The molecule has 0 spiro atoms. The first-order valence-corrected chi connectivity index (χ1v) is 14.9. The summed E-state index contributed by atoms with van der Waals surface area (Å²) >= 11 is 0. The molecular formula is C31H39N3O4S. The fourth-order valence-corrected chi connectivity index (χ4v) is 5.44. The Morgan fingerprint density at radius 2 is 1.51 bits per heavy atom. The summed E-state index contributed by atoms with van der Waals surface area (Å²) in [7, 11) is -3.80. The third kappa shape index (κ3) is 8.17. The van der Waals surface area contributed by atoms with Crippen molar-refractivity contribution in [2.24, 2.45) is 0 Å². The maximum absolute atomic E-state index is 14.1. The van der Waals surface area contributed by atoms with Gasteiger partial charge in [0.25, 0.3) is 0 Å². The number of hydrogen-bond donors (Lipinski definition) is 1. The van der Waals surface area contributed by atoms with Crippen molar-refractivity contribution in [3.05, 3.63) is 101 Å². The molecule has 0 bridgehead atoms. The zero-order chi connectivity index (χ0) is 28.7. The van der Waals surface area contributed by atoms with Crippen molar-refractivity contribution in [1.29, 1.82) is 0 Å². The Hall–Kier alpha value is -3.65. The number of amides is 2. The summed E-state index contributed by atoms with van der Waals surface area (Å²) in [5.41, 5.74) is 4.93. The average Bonchev–Trinajstić information content (AvgIpc) is 2.86. The molecule has 0 aliphatic carbocycles. The van der Waals surface area contributed by atoms with Gasteiger partial charge in [0.1, 0.15) is 12.6 Å². The zero-order valence-corrected chi connectivity index (χ0v) is 24.5. The largest absolute Gasteiger partial charge is 0.352 e. The van der Waals surface area contributed by atoms with Gasteiger partial charge < -0.3 is 10.2 Å². The molecule has 0 aliphatic rings. The summed E-state index contributed by atoms with van der Waals surface area (Å²) < 4.78 is 27.1. The smallest absolute Gasteiger partial charge is 0.244 e. The lowest BCUT2D eigenvalue weighted by molar-refractivity contribution is -0.140. The van der Waals surface area contributed by atoms with Crippen molar-refractivity contribution >= 4 is 27.5 Å². The molecule has 0 fully saturated rings. The van der Waals surface area contributed by atoms with Crippen LogP contribution in [0.1, 0.15) is 41.7 Å². The lowest BCUT2D eigenvalue weighted by Gasteiger charge is -2.34. The van der Waals surface area contributed by atoms with E-state index < -0.39 is 28.5 Å². The molecule has 0 saturated heterocycles. The quantitative estimate of drug-likeness (QED) is 0.380. The number of carbonyl (C=O) groups is 2. The number of rotatable bonds is 11. The molecular weight excluding hydrogens is 510 g/mol. The standard InChI is InChI=1S/C31H39N3O4S/c1-22(2)32-31(36)29(19-26-14-8-7-9-15-26)33(20-27-16-10-12-23(3)18-27)30(35)21-34(39(6,37)38)28-17-11-13-24(4)25(28)5/h7-18,22,29H,19-21H2,1-6H3,(H,32,36). The van der Waals surface area contributed by atoms with Crippen LogP contribution < -0.4 is 9.62 Å². The highest BCUT2D eigenvalue weighted by atomic mass is 32.2. The molecule has 1 atom stereocenters. The average molecular weight is 550 g/mol. The van der Waals surface area contributed by atoms with Gasteiger partial charge in [-0.3, -0.25) is 13.9 Å². The Morgan fingerprint density at radius 1 is 0.872 bits per heavy atom. The summed E-state index contributed by atoms with van der Waals surface area (Å²) in [6, 6.07) is 21.7. The summed E-state index contributed by atoms with van der Waals surface area (Å²) in [6.45, 7) is 9.19. The first-order valence-electron chi connectivity index (χ1n) is 13.1. The molecule has 3 aromatic carbocycles. The minimum absolute atomic E-state index is 0.130. The van der Waals surface area contributed by atoms with Gasteiger partial charge in [0.2, 0.25) is 21.8 Å². The van der Waals surface area contributed by atoms with Gasteiger partial charge in [-0.1, -0.05) is 72.3 Å². The van der Waals surface area contributed by atoms with Gasteiger partial charge in [0.05, 0.1) is 11.9 Å². The van der Waals surface area contributed by atoms with Crippen LogP contribution in [-0.2, 0) is 32.6 Å². The SMILES string of the molecule is Cc1cccc(CN(C(=O)CN(c2cccc(C)c2C)S(C)(=O)=O)C(Cc2ccccc2)C(=O)NC(C)C)c1. The van der Waals surface area contributed by atoms with Crippen LogP contribution in [0.15, 0.2) is 72.8 Å². The van der Waals surface area contributed by atoms with Crippen molar-refractivity contribution < 1.29 is 18.0 Å². The Kier molecular flexibility index (Phi) is 9.92. The Bertz CT molecular complexity index is 1400. The van der Waals surface area contributed by atoms with Crippen molar-refractivity contribution in [2.45, 2.75) is 59.7 Å². The number of carbonyl (C=O) groups excluding carboxylic acids is 2. The number of nitrogens with zero attached hydrogens (tertiary/aromatic N) is 2. The van der Waals surface area contributed by atoms with E-state index in [1.165, 1.54) is 4.90 Å². The lowest BCUT2D eigenvalue weighted by atomic mass is 10.0. The fourth-order valence-electron chi connectivity index (χ4n) is 4.54. The predicted molar refractivity (Wildman–Crippen MR) is 157 cm³/mol. The summed E-state index contributed by atoms with van der Waals surface area (Å²) in [5.74, 6) is -0.741. The van der Waals surface area contributed by atoms with Crippen LogP contribution >= 0.6 is 0 Å². The van der Waals surface area contributed by atoms with E-state index in [1.807, 2.05) is 95.3 Å². The second-order valence-electron chi connectivity index (χ2n) is 10.4. The number of benzene rings is 3. The number of anilines is 1. The second kappa shape index (κ2) is 12.9. The molecule has 2 amide bonds. The number of aryl methyl sites for hydroxylation is 2. The third-order valence-corrected chi connectivity index (χ3v) is 7.79. The highest BCUT2D eigenvalue weighted by Crippen LogP contribution is 2.26. The predicted octanol–water partition coefficient (Wildman–Crippen LogP) is 4.54. The van der Waals surface area contributed by atoms with E-state index in [-0.39, 0.29) is 18.5 Å². The molecule has 8 heteroatoms. The second-order valence-corrected chi connectivity index (χ2v) is 12.3. The van der Waals surface area contributed by atoms with E-state index in [0.29, 0.717) is 12.1 Å². The molecule has 0 heterocycles. The number of nitrogens with one attached hydrogen (secondary N) is 1. The molecule has 0 radical (unpaired) electrons. The third-order valence-electron chi connectivity index (χ3n) is 6.66. The molecule has 0 aromatic heterocycles. The van der Waals surface area contributed by atoms with Crippen LogP contribution in [0.5, 0.6) is 0 Å². The highest BCUT2D eigenvalue weighted by Gasteiger charge is 2.33. The first-order chi connectivity index (χ1) is 18.4. The van der Waals surface area contributed by atoms with Crippen LogP contribution in [0.25, 0.3) is 0 Å². The molecule has 3 aromatic rings. The van der Waals surface area contributed by atoms with Gasteiger partial charge in [0.15, 0.2) is 0 Å². The van der Waals surface area contributed by atoms with Crippen molar-refractivity contribution in [3.63, 3.8) is 0 Å². The Morgan fingerprint density at radius 3 is 2.13 bits per heavy atom. The van der Waals surface area contributed by atoms with Crippen LogP contribution in [0.3, 0.4) is 0 Å². The van der Waals surface area contributed by atoms with E-state index >= 15 is 0 Å². The van der Waals surface area contributed by atoms with Gasteiger partial charge >= 0.3 is 0 Å². The Balaban J connectivity index is 2.08. The summed E-state index contributed by atoms with van der Waals surface area (Å²) in [5, 5.41) is 2.96. The monoisotopic (exact) mass is 549 g/mol. The number of sulfonamides is 1. The van der Waals surface area contributed by atoms with E-state index in [0.717, 1.165) is 38.4 Å². The molecule has 0 saturated carbocycles. The van der Waals surface area contributed by atoms with Gasteiger partial charge in [-0.15, -0.1) is 0 Å². The van der Waals surface area contributed by atoms with Gasteiger partial charge in [-0.2, -0.15) is 0 Å². The van der Waals surface area contributed by atoms with Gasteiger partial charge in [0, 0.05) is 19.0 Å². The topological polar surface area (TPSA) is 86.8 Å². The van der Waals surface area contributed by atoms with Crippen molar-refractivity contribution in [3.8, 4) is 0 Å². The molecule has 1 N–H and O–H groups in total.